The minimum atomic E-state index is -0.797. The van der Waals surface area contributed by atoms with Crippen LogP contribution in [0.1, 0.15) is 29.4 Å². The van der Waals surface area contributed by atoms with Gasteiger partial charge in [0.15, 0.2) is 4.67 Å². The molecule has 5 heteroatoms. The van der Waals surface area contributed by atoms with Gasteiger partial charge in [0, 0.05) is 19.2 Å². The van der Waals surface area contributed by atoms with Crippen LogP contribution < -0.4 is 4.90 Å². The first-order chi connectivity index (χ1) is 9.56. The van der Waals surface area contributed by atoms with Crippen LogP contribution in [0.25, 0.3) is 0 Å². The van der Waals surface area contributed by atoms with Gasteiger partial charge in [-0.1, -0.05) is 12.1 Å². The summed E-state index contributed by atoms with van der Waals surface area (Å²) in [5, 5.41) is 10.3. The quantitative estimate of drug-likeness (QED) is 0.917. The topological polar surface area (TPSA) is 53.7 Å². The number of amides is 1. The van der Waals surface area contributed by atoms with Gasteiger partial charge in [0.05, 0.1) is 0 Å². The summed E-state index contributed by atoms with van der Waals surface area (Å²) in [6, 6.07) is 9.14. The van der Waals surface area contributed by atoms with Crippen molar-refractivity contribution in [2.45, 2.75) is 18.9 Å². The molecule has 0 spiro atoms. The summed E-state index contributed by atoms with van der Waals surface area (Å²) < 4.78 is 5.98. The van der Waals surface area contributed by atoms with Gasteiger partial charge in [0.2, 0.25) is 5.91 Å². The normalized spacial score (nSPS) is 16.1. The van der Waals surface area contributed by atoms with Gasteiger partial charge in [0.25, 0.3) is 0 Å². The number of fused-ring (bicyclic) bond motifs is 1. The number of aryl methyl sites for hydroxylation is 1. The molecule has 0 saturated carbocycles. The van der Waals surface area contributed by atoms with Gasteiger partial charge < -0.3 is 14.4 Å². The minimum absolute atomic E-state index is 0.126. The number of carbonyl (C=O) groups is 1. The van der Waals surface area contributed by atoms with Crippen molar-refractivity contribution in [3.8, 4) is 0 Å². The molecule has 0 bridgehead atoms. The fourth-order valence-electron chi connectivity index (χ4n) is 2.49. The molecule has 0 aliphatic carbocycles. The molecule has 104 valence electrons. The summed E-state index contributed by atoms with van der Waals surface area (Å²) in [6.07, 6.45) is 0.422. The second kappa shape index (κ2) is 5.07. The Morgan fingerprint density at radius 2 is 2.10 bits per heavy atom. The van der Waals surface area contributed by atoms with E-state index < -0.39 is 6.10 Å². The number of furan rings is 1. The van der Waals surface area contributed by atoms with Crippen LogP contribution >= 0.6 is 15.9 Å². The number of carbonyl (C=O) groups excluding carboxylic acids is 1. The first kappa shape index (κ1) is 13.4. The van der Waals surface area contributed by atoms with Crippen molar-refractivity contribution in [3.05, 3.63) is 51.9 Å². The predicted molar refractivity (Wildman–Crippen MR) is 78.6 cm³/mol. The maximum atomic E-state index is 11.7. The van der Waals surface area contributed by atoms with Crippen molar-refractivity contribution in [1.82, 2.24) is 0 Å². The van der Waals surface area contributed by atoms with Crippen LogP contribution in [0.5, 0.6) is 0 Å². The van der Waals surface area contributed by atoms with E-state index in [1.165, 1.54) is 0 Å². The lowest BCUT2D eigenvalue weighted by Gasteiger charge is -2.26. The van der Waals surface area contributed by atoms with Crippen molar-refractivity contribution >= 4 is 27.5 Å². The molecule has 1 aromatic heterocycles. The van der Waals surface area contributed by atoms with Crippen LogP contribution in [0.3, 0.4) is 0 Å². The Morgan fingerprint density at radius 1 is 1.30 bits per heavy atom. The number of benzene rings is 1. The number of rotatable bonds is 2. The molecule has 1 atom stereocenters. The molecular formula is C15H14BrNO3. The molecule has 1 aliphatic rings. The summed E-state index contributed by atoms with van der Waals surface area (Å²) in [6.45, 7) is 0. The second-order valence-electron chi connectivity index (χ2n) is 4.89. The molecule has 1 unspecified atom stereocenters. The summed E-state index contributed by atoms with van der Waals surface area (Å²) in [5.41, 5.74) is 2.76. The van der Waals surface area contributed by atoms with E-state index in [-0.39, 0.29) is 5.91 Å². The average Bonchev–Trinajstić information content (AvgIpc) is 2.88. The molecule has 1 aliphatic heterocycles. The number of anilines is 1. The van der Waals surface area contributed by atoms with Crippen LogP contribution in [0.4, 0.5) is 5.69 Å². The summed E-state index contributed by atoms with van der Waals surface area (Å²) in [7, 11) is 1.78. The van der Waals surface area contributed by atoms with Crippen molar-refractivity contribution in [3.63, 3.8) is 0 Å². The van der Waals surface area contributed by atoms with Gasteiger partial charge in [-0.2, -0.15) is 0 Å². The SMILES string of the molecule is CN1C(=O)CCc2cc(C(O)c3ccc(Br)o3)ccc21. The molecule has 1 amide bonds. The molecule has 3 rings (SSSR count). The van der Waals surface area contributed by atoms with E-state index in [9.17, 15) is 9.90 Å². The monoisotopic (exact) mass is 335 g/mol. The molecule has 0 saturated heterocycles. The zero-order valence-corrected chi connectivity index (χ0v) is 12.6. The number of halogens is 1. The van der Waals surface area contributed by atoms with Crippen LogP contribution in [-0.4, -0.2) is 18.1 Å². The van der Waals surface area contributed by atoms with E-state index in [1.54, 1.807) is 24.1 Å². The zero-order chi connectivity index (χ0) is 14.3. The van der Waals surface area contributed by atoms with Crippen LogP contribution in [-0.2, 0) is 11.2 Å². The summed E-state index contributed by atoms with van der Waals surface area (Å²) in [4.78, 5) is 13.3. The first-order valence-corrected chi connectivity index (χ1v) is 7.18. The predicted octanol–water partition coefficient (Wildman–Crippen LogP) is 3.03. The Labute approximate surface area is 125 Å². The molecule has 4 nitrogen and oxygen atoms in total. The third-order valence-corrected chi connectivity index (χ3v) is 4.05. The average molecular weight is 336 g/mol. The molecule has 1 N–H and O–H groups in total. The fourth-order valence-corrected chi connectivity index (χ4v) is 2.81. The molecule has 20 heavy (non-hydrogen) atoms. The van der Waals surface area contributed by atoms with E-state index in [1.807, 2.05) is 18.2 Å². The third kappa shape index (κ3) is 2.27. The maximum Gasteiger partial charge on any atom is 0.227 e. The molecular weight excluding hydrogens is 322 g/mol. The fraction of sp³-hybridized carbons (Fsp3) is 0.267. The largest absolute Gasteiger partial charge is 0.451 e. The third-order valence-electron chi connectivity index (χ3n) is 3.63. The Kier molecular flexibility index (Phi) is 3.40. The van der Waals surface area contributed by atoms with E-state index in [0.29, 0.717) is 23.3 Å². The number of hydrogen-bond donors (Lipinski definition) is 1. The minimum Gasteiger partial charge on any atom is -0.451 e. The standard InChI is InChI=1S/C15H14BrNO3/c1-17-11-4-2-10(8-9(11)3-7-14(17)18)15(19)12-5-6-13(16)20-12/h2,4-6,8,15,19H,3,7H2,1H3. The molecule has 0 radical (unpaired) electrons. The number of aliphatic hydroxyl groups excluding tert-OH is 1. The first-order valence-electron chi connectivity index (χ1n) is 6.39. The number of aliphatic hydroxyl groups is 1. The molecule has 2 heterocycles. The van der Waals surface area contributed by atoms with Crippen molar-refractivity contribution < 1.29 is 14.3 Å². The van der Waals surface area contributed by atoms with Crippen LogP contribution in [0.15, 0.2) is 39.4 Å². The van der Waals surface area contributed by atoms with Crippen molar-refractivity contribution in [1.29, 1.82) is 0 Å². The Bertz CT molecular complexity index is 665. The smallest absolute Gasteiger partial charge is 0.227 e. The Hall–Kier alpha value is -1.59. The lowest BCUT2D eigenvalue weighted by Crippen LogP contribution is -2.31. The summed E-state index contributed by atoms with van der Waals surface area (Å²) >= 11 is 3.23. The van der Waals surface area contributed by atoms with E-state index in [0.717, 1.165) is 16.8 Å². The van der Waals surface area contributed by atoms with Gasteiger partial charge in [-0.3, -0.25) is 4.79 Å². The van der Waals surface area contributed by atoms with E-state index >= 15 is 0 Å². The lowest BCUT2D eigenvalue weighted by molar-refractivity contribution is -0.118. The Morgan fingerprint density at radius 3 is 2.80 bits per heavy atom. The molecule has 2 aromatic rings. The molecule has 0 fully saturated rings. The second-order valence-corrected chi connectivity index (χ2v) is 5.67. The van der Waals surface area contributed by atoms with E-state index in [4.69, 9.17) is 4.42 Å². The van der Waals surface area contributed by atoms with Gasteiger partial charge >= 0.3 is 0 Å². The van der Waals surface area contributed by atoms with Crippen molar-refractivity contribution in [2.24, 2.45) is 0 Å². The highest BCUT2D eigenvalue weighted by Crippen LogP contribution is 2.32. The highest BCUT2D eigenvalue weighted by molar-refractivity contribution is 9.10. The van der Waals surface area contributed by atoms with E-state index in [2.05, 4.69) is 15.9 Å². The van der Waals surface area contributed by atoms with Crippen molar-refractivity contribution in [2.75, 3.05) is 11.9 Å². The van der Waals surface area contributed by atoms with Gasteiger partial charge in [0.1, 0.15) is 11.9 Å². The van der Waals surface area contributed by atoms with Crippen LogP contribution in [0, 0.1) is 0 Å². The lowest BCUT2D eigenvalue weighted by atomic mass is 9.96. The number of nitrogens with zero attached hydrogens (tertiary/aromatic N) is 1. The Balaban J connectivity index is 1.95. The van der Waals surface area contributed by atoms with Gasteiger partial charge in [-0.15, -0.1) is 0 Å². The van der Waals surface area contributed by atoms with Gasteiger partial charge in [-0.25, -0.2) is 0 Å². The number of hydrogen-bond acceptors (Lipinski definition) is 3. The maximum absolute atomic E-state index is 11.7. The molecule has 1 aromatic carbocycles. The zero-order valence-electron chi connectivity index (χ0n) is 11.0. The van der Waals surface area contributed by atoms with Crippen LogP contribution in [0.2, 0.25) is 0 Å². The summed E-state index contributed by atoms with van der Waals surface area (Å²) in [5.74, 6) is 0.623. The highest BCUT2D eigenvalue weighted by atomic mass is 79.9. The highest BCUT2D eigenvalue weighted by Gasteiger charge is 2.23. The van der Waals surface area contributed by atoms with Gasteiger partial charge in [-0.05, 0) is 51.7 Å².